The molecule has 0 aliphatic carbocycles. The predicted molar refractivity (Wildman–Crippen MR) is 402 cm³/mol. The molecule has 0 radical (unpaired) electrons. The van der Waals surface area contributed by atoms with Gasteiger partial charge in [-0.25, -0.2) is 29.1 Å². The maximum absolute atomic E-state index is 14.5. The number of hydrogen-bond acceptors (Lipinski definition) is 24. The number of hydrogen-bond donors (Lipinski definition) is 1. The first-order valence-corrected chi connectivity index (χ1v) is 39.4. The third-order valence-electron chi connectivity index (χ3n) is 23.3. The van der Waals surface area contributed by atoms with E-state index in [1.165, 1.54) is 38.5 Å². The third-order valence-corrected chi connectivity index (χ3v) is 23.3. The molecule has 3 amide bonds. The monoisotopic (exact) mass is 1530 g/mol. The number of nitrogens with one attached hydrogen (secondary N) is 1. The molecule has 0 spiro atoms. The number of carbonyl (C=O) groups is 8. The molecule has 592 valence electrons. The summed E-state index contributed by atoms with van der Waals surface area (Å²) in [6, 6.07) is 15.0. The van der Waals surface area contributed by atoms with Crippen LogP contribution >= 0.6 is 0 Å². The smallest absolute Gasteiger partial charge is 0.415 e. The summed E-state index contributed by atoms with van der Waals surface area (Å²) >= 11 is 0. The molecule has 4 saturated heterocycles. The summed E-state index contributed by atoms with van der Waals surface area (Å²) in [5.74, 6) is -3.89. The second-order valence-corrected chi connectivity index (χ2v) is 31.0. The molecule has 4 aromatic heterocycles. The third kappa shape index (κ3) is 16.0. The number of fused-ring (bicyclic) bond motifs is 10. The molecule has 14 rings (SSSR count). The van der Waals surface area contributed by atoms with Crippen LogP contribution in [0.15, 0.2) is 58.1 Å². The molecular formula is C82H99N9O20. The number of carbonyl (C=O) groups excluding carboxylic acids is 8. The Labute approximate surface area is 642 Å². The maximum Gasteiger partial charge on any atom is 0.415 e. The Morgan fingerprint density at radius 3 is 1.41 bits per heavy atom. The van der Waals surface area contributed by atoms with Gasteiger partial charge in [0.05, 0.1) is 77.7 Å². The molecule has 0 bridgehead atoms. The van der Waals surface area contributed by atoms with E-state index in [1.807, 2.05) is 39.8 Å². The number of piperidine rings is 4. The number of likely N-dealkylation sites (tertiary alicyclic amines) is 4. The standard InChI is InChI=1S/C82H99N9O20/c1-7-55-57-35-53(108-78(100)88-31-23-50(24-32-88)86-27-13-11-14-28-86)18-20-65(57)84-72-59(55)40-90-67(72)37-63-61(74(90)96)43-106-76(98)81(63,9-3)110-70(94)22-17-52(92)42-102-48-104-46-80(5,6)47-105-49-103-45-69(93)83-39-71(95)111-82(10-4)64-38-68-73-60(41-91(68)75(97)62(64)44-107-77(82)99)56(8-2)58-36-54(19-21-66(58)85-73)109-79(101)89-33-25-51(26-34-89)87-29-15-12-16-30-87/h18-21,35-38,50-51H,7-17,22-34,39-49H2,1-6H3,(H,83,93)/t81-,82-/m0/s1. The SMILES string of the molecule is CCc1c2c(nc3ccc(OC(=O)N4CCC(N5CCCCC5)CC4)cc13)-c1cc3c(c(=O)n1C2)COC(=O)[C@@]3(CC)OC(=O)CCC(=O)COCOCC(C)(C)COCOCC(=O)NCC(=O)O[C@]1(CC)C(=O)OCc2c1cc1n(c2=O)Cc2c-1nc1ccc(OC(=O)N3CCC(N4CCCCC4)CC3)cc1c2CC. The van der Waals surface area contributed by atoms with Crippen molar-refractivity contribution < 1.29 is 85.7 Å². The van der Waals surface area contributed by atoms with Crippen LogP contribution in [-0.4, -0.2) is 197 Å². The minimum atomic E-state index is -2.02. The van der Waals surface area contributed by atoms with Crippen LogP contribution in [0.3, 0.4) is 0 Å². The highest BCUT2D eigenvalue weighted by atomic mass is 16.7. The molecule has 6 aromatic rings. The lowest BCUT2D eigenvalue weighted by Crippen LogP contribution is -2.48. The van der Waals surface area contributed by atoms with E-state index in [1.54, 1.807) is 69.2 Å². The number of nitrogens with zero attached hydrogens (tertiary/aromatic N) is 8. The summed E-state index contributed by atoms with van der Waals surface area (Å²) in [7, 11) is 0. The van der Waals surface area contributed by atoms with Gasteiger partial charge in [-0.1, -0.05) is 54.4 Å². The van der Waals surface area contributed by atoms with Crippen molar-refractivity contribution in [3.05, 3.63) is 114 Å². The molecule has 8 aliphatic rings. The number of benzene rings is 2. The number of pyridine rings is 4. The van der Waals surface area contributed by atoms with Crippen molar-refractivity contribution in [1.82, 2.24) is 44.0 Å². The zero-order valence-corrected chi connectivity index (χ0v) is 64.3. The molecule has 2 aromatic carbocycles. The average molecular weight is 1530 g/mol. The predicted octanol–water partition coefficient (Wildman–Crippen LogP) is 8.77. The van der Waals surface area contributed by atoms with Crippen molar-refractivity contribution in [2.24, 2.45) is 5.41 Å². The van der Waals surface area contributed by atoms with E-state index in [4.69, 9.17) is 57.3 Å². The highest BCUT2D eigenvalue weighted by Crippen LogP contribution is 2.46. The Balaban J connectivity index is 0.507. The molecule has 0 saturated carbocycles. The number of aryl methyl sites for hydroxylation is 2. The normalized spacial score (nSPS) is 20.0. The fourth-order valence-electron chi connectivity index (χ4n) is 17.4. The van der Waals surface area contributed by atoms with Crippen LogP contribution in [0.2, 0.25) is 0 Å². The Kier molecular flexibility index (Phi) is 23.5. The number of cyclic esters (lactones) is 2. The van der Waals surface area contributed by atoms with Crippen LogP contribution in [0.5, 0.6) is 11.5 Å². The zero-order chi connectivity index (χ0) is 77.9. The van der Waals surface area contributed by atoms with Crippen LogP contribution in [0.25, 0.3) is 44.6 Å². The van der Waals surface area contributed by atoms with Crippen LogP contribution in [0.1, 0.15) is 176 Å². The van der Waals surface area contributed by atoms with E-state index in [0.717, 1.165) is 84.9 Å². The lowest BCUT2D eigenvalue weighted by molar-refractivity contribution is -0.189. The summed E-state index contributed by atoms with van der Waals surface area (Å²) < 4.78 is 60.4. The topological polar surface area (TPSA) is 324 Å². The summed E-state index contributed by atoms with van der Waals surface area (Å²) in [5.41, 5.74) is 1.87. The molecule has 12 heterocycles. The van der Waals surface area contributed by atoms with E-state index in [9.17, 15) is 47.9 Å². The van der Waals surface area contributed by atoms with Crippen LogP contribution < -0.4 is 25.9 Å². The van der Waals surface area contributed by atoms with Crippen molar-refractivity contribution >= 4 is 69.6 Å². The van der Waals surface area contributed by atoms with E-state index in [0.29, 0.717) is 96.4 Å². The van der Waals surface area contributed by atoms with Gasteiger partial charge in [-0.05, 0) is 163 Å². The number of ketones is 1. The van der Waals surface area contributed by atoms with Crippen molar-refractivity contribution in [1.29, 1.82) is 0 Å². The van der Waals surface area contributed by atoms with Crippen LogP contribution in [-0.2, 0) is 117 Å². The fourth-order valence-corrected chi connectivity index (χ4v) is 17.4. The lowest BCUT2D eigenvalue weighted by atomic mass is 9.85. The van der Waals surface area contributed by atoms with Gasteiger partial charge < -0.3 is 81.4 Å². The summed E-state index contributed by atoms with van der Waals surface area (Å²) in [6.07, 6.45) is 10.6. The van der Waals surface area contributed by atoms with Crippen LogP contribution in [0, 0.1) is 5.41 Å². The minimum Gasteiger partial charge on any atom is -0.457 e. The Morgan fingerprint density at radius 1 is 0.532 bits per heavy atom. The quantitative estimate of drug-likeness (QED) is 0.0217. The highest BCUT2D eigenvalue weighted by molar-refractivity contribution is 5.94. The van der Waals surface area contributed by atoms with Gasteiger partial charge in [-0.2, -0.15) is 0 Å². The fraction of sp³-hybridized carbons (Fsp3) is 0.561. The molecule has 1 N–H and O–H groups in total. The molecule has 29 heteroatoms. The van der Waals surface area contributed by atoms with Crippen molar-refractivity contribution in [2.45, 2.75) is 194 Å². The van der Waals surface area contributed by atoms with Gasteiger partial charge in [-0.3, -0.25) is 28.8 Å². The van der Waals surface area contributed by atoms with Gasteiger partial charge in [-0.15, -0.1) is 0 Å². The van der Waals surface area contributed by atoms with E-state index in [-0.39, 0.29) is 101 Å². The molecule has 2 atom stereocenters. The van der Waals surface area contributed by atoms with Gasteiger partial charge in [0.2, 0.25) is 17.1 Å². The number of amides is 3. The molecule has 0 unspecified atom stereocenters. The number of ether oxygens (including phenoxy) is 10. The largest absolute Gasteiger partial charge is 0.457 e. The van der Waals surface area contributed by atoms with Gasteiger partial charge in [0.25, 0.3) is 11.1 Å². The highest BCUT2D eigenvalue weighted by Gasteiger charge is 2.52. The van der Waals surface area contributed by atoms with E-state index < -0.39 is 95.6 Å². The first kappa shape index (κ1) is 78.2. The molecule has 29 nitrogen and oxygen atoms in total. The lowest BCUT2D eigenvalue weighted by Gasteiger charge is -2.39. The number of aromatic nitrogens is 4. The van der Waals surface area contributed by atoms with Crippen molar-refractivity contribution in [2.75, 3.05) is 98.9 Å². The summed E-state index contributed by atoms with van der Waals surface area (Å²) in [4.78, 5) is 155. The number of Topliss-reactive ketones (excluding diaryl/α,β-unsaturated/α-hetero) is 1. The maximum atomic E-state index is 14.5. The van der Waals surface area contributed by atoms with Crippen molar-refractivity contribution in [3.63, 3.8) is 0 Å². The second-order valence-electron chi connectivity index (χ2n) is 31.0. The molecular weight excluding hydrogens is 1430 g/mol. The molecule has 8 aliphatic heterocycles. The van der Waals surface area contributed by atoms with Gasteiger partial charge in [0.15, 0.2) is 5.78 Å². The number of esters is 4. The van der Waals surface area contributed by atoms with Crippen molar-refractivity contribution in [3.8, 4) is 34.3 Å². The summed E-state index contributed by atoms with van der Waals surface area (Å²) in [5, 5.41) is 4.01. The van der Waals surface area contributed by atoms with Crippen LogP contribution in [0.4, 0.5) is 9.59 Å². The van der Waals surface area contributed by atoms with E-state index in [2.05, 4.69) is 15.1 Å². The van der Waals surface area contributed by atoms with Gasteiger partial charge in [0, 0.05) is 83.1 Å². The van der Waals surface area contributed by atoms with Gasteiger partial charge >= 0.3 is 36.1 Å². The second kappa shape index (κ2) is 33.4. The first-order chi connectivity index (χ1) is 53.6. The van der Waals surface area contributed by atoms with E-state index >= 15 is 0 Å². The summed E-state index contributed by atoms with van der Waals surface area (Å²) in [6.45, 7) is 15.8. The Bertz CT molecular complexity index is 4460. The Morgan fingerprint density at radius 2 is 0.973 bits per heavy atom. The average Bonchev–Trinajstić information content (AvgIpc) is 1.62. The zero-order valence-electron chi connectivity index (χ0n) is 64.3. The minimum absolute atomic E-state index is 0.0713. The Hall–Kier alpha value is -9.52. The molecule has 111 heavy (non-hydrogen) atoms. The number of rotatable bonds is 27. The van der Waals surface area contributed by atoms with Gasteiger partial charge in [0.1, 0.15) is 58.1 Å². The molecule has 4 fully saturated rings. The first-order valence-electron chi connectivity index (χ1n) is 39.4.